The topological polar surface area (TPSA) is 0 Å². The van der Waals surface area contributed by atoms with Crippen molar-refractivity contribution in [2.24, 2.45) is 5.92 Å². The molecule has 2 rings (SSSR count). The number of aryl methyl sites for hydroxylation is 1. The SMILES string of the molecule is Cc1ccc(F)c(C(Br)c2ccc(CC(C)C)cc2)c1F. The fourth-order valence-electron chi connectivity index (χ4n) is 2.37. The van der Waals surface area contributed by atoms with Gasteiger partial charge in [0.1, 0.15) is 11.6 Å². The summed E-state index contributed by atoms with van der Waals surface area (Å²) in [6, 6.07) is 10.7. The van der Waals surface area contributed by atoms with Crippen LogP contribution in [-0.2, 0) is 6.42 Å². The van der Waals surface area contributed by atoms with Gasteiger partial charge < -0.3 is 0 Å². The lowest BCUT2D eigenvalue weighted by molar-refractivity contribution is 0.555. The van der Waals surface area contributed by atoms with E-state index in [2.05, 4.69) is 29.8 Å². The van der Waals surface area contributed by atoms with E-state index in [1.807, 2.05) is 24.3 Å². The zero-order valence-corrected chi connectivity index (χ0v) is 14.0. The Balaban J connectivity index is 2.32. The lowest BCUT2D eigenvalue weighted by atomic mass is 9.98. The van der Waals surface area contributed by atoms with Gasteiger partial charge in [-0.05, 0) is 42.0 Å². The standard InChI is InChI=1S/C18H19BrF2/c1-11(2)10-13-5-7-14(8-6-13)17(19)16-15(20)9-4-12(3)18(16)21/h4-9,11,17H,10H2,1-3H3. The van der Waals surface area contributed by atoms with Crippen LogP contribution < -0.4 is 0 Å². The highest BCUT2D eigenvalue weighted by molar-refractivity contribution is 9.09. The highest BCUT2D eigenvalue weighted by atomic mass is 79.9. The average molecular weight is 353 g/mol. The maximum absolute atomic E-state index is 14.2. The average Bonchev–Trinajstić information content (AvgIpc) is 2.43. The van der Waals surface area contributed by atoms with Gasteiger partial charge >= 0.3 is 0 Å². The Morgan fingerprint density at radius 1 is 1.00 bits per heavy atom. The summed E-state index contributed by atoms with van der Waals surface area (Å²) in [5.41, 5.74) is 2.61. The van der Waals surface area contributed by atoms with E-state index >= 15 is 0 Å². The summed E-state index contributed by atoms with van der Waals surface area (Å²) in [6.45, 7) is 5.97. The lowest BCUT2D eigenvalue weighted by Crippen LogP contribution is -2.03. The first kappa shape index (κ1) is 16.2. The summed E-state index contributed by atoms with van der Waals surface area (Å²) in [5.74, 6) is -0.420. The van der Waals surface area contributed by atoms with E-state index in [0.29, 0.717) is 11.5 Å². The van der Waals surface area contributed by atoms with Crippen molar-refractivity contribution in [1.29, 1.82) is 0 Å². The van der Waals surface area contributed by atoms with Crippen LogP contribution in [0.1, 0.15) is 40.9 Å². The molecule has 0 saturated carbocycles. The molecule has 3 heteroatoms. The molecule has 0 bridgehead atoms. The predicted molar refractivity (Wildman–Crippen MR) is 86.8 cm³/mol. The molecule has 0 radical (unpaired) electrons. The fourth-order valence-corrected chi connectivity index (χ4v) is 3.10. The molecule has 0 heterocycles. The van der Waals surface area contributed by atoms with Crippen molar-refractivity contribution in [1.82, 2.24) is 0 Å². The molecule has 0 saturated heterocycles. The third-order valence-corrected chi connectivity index (χ3v) is 4.48. The third kappa shape index (κ3) is 3.70. The molecular weight excluding hydrogens is 334 g/mol. The number of halogens is 3. The quantitative estimate of drug-likeness (QED) is 0.595. The van der Waals surface area contributed by atoms with E-state index in [-0.39, 0.29) is 5.56 Å². The highest BCUT2D eigenvalue weighted by Gasteiger charge is 2.20. The Labute approximate surface area is 133 Å². The molecule has 0 aromatic heterocycles. The van der Waals surface area contributed by atoms with Gasteiger partial charge in [0.15, 0.2) is 0 Å². The van der Waals surface area contributed by atoms with Crippen LogP contribution in [0.25, 0.3) is 0 Å². The van der Waals surface area contributed by atoms with Crippen molar-refractivity contribution in [3.8, 4) is 0 Å². The first-order valence-corrected chi connectivity index (χ1v) is 7.99. The van der Waals surface area contributed by atoms with Gasteiger partial charge in [-0.25, -0.2) is 8.78 Å². The van der Waals surface area contributed by atoms with Gasteiger partial charge in [0, 0.05) is 5.56 Å². The van der Waals surface area contributed by atoms with Crippen LogP contribution in [0, 0.1) is 24.5 Å². The molecule has 2 aromatic carbocycles. The Hall–Kier alpha value is -1.22. The number of hydrogen-bond acceptors (Lipinski definition) is 0. The molecule has 112 valence electrons. The molecule has 0 aliphatic carbocycles. The van der Waals surface area contributed by atoms with Crippen LogP contribution in [0.15, 0.2) is 36.4 Å². The van der Waals surface area contributed by atoms with Crippen molar-refractivity contribution in [3.63, 3.8) is 0 Å². The molecular formula is C18H19BrF2. The van der Waals surface area contributed by atoms with E-state index in [9.17, 15) is 8.78 Å². The van der Waals surface area contributed by atoms with Crippen molar-refractivity contribution in [3.05, 3.63) is 70.3 Å². The molecule has 0 nitrogen and oxygen atoms in total. The van der Waals surface area contributed by atoms with Crippen LogP contribution >= 0.6 is 15.9 Å². The largest absolute Gasteiger partial charge is 0.207 e. The van der Waals surface area contributed by atoms with Crippen molar-refractivity contribution in [2.75, 3.05) is 0 Å². The maximum Gasteiger partial charge on any atom is 0.133 e. The molecule has 21 heavy (non-hydrogen) atoms. The van der Waals surface area contributed by atoms with Gasteiger partial charge in [-0.3, -0.25) is 0 Å². The number of alkyl halides is 1. The molecule has 1 unspecified atom stereocenters. The van der Waals surface area contributed by atoms with E-state index in [4.69, 9.17) is 0 Å². The summed E-state index contributed by atoms with van der Waals surface area (Å²) >= 11 is 3.43. The number of benzene rings is 2. The van der Waals surface area contributed by atoms with Crippen LogP contribution in [-0.4, -0.2) is 0 Å². The molecule has 0 N–H and O–H groups in total. The minimum atomic E-state index is -0.522. The van der Waals surface area contributed by atoms with Crippen molar-refractivity contribution >= 4 is 15.9 Å². The van der Waals surface area contributed by atoms with Gasteiger partial charge in [0.25, 0.3) is 0 Å². The maximum atomic E-state index is 14.2. The van der Waals surface area contributed by atoms with E-state index < -0.39 is 16.5 Å². The van der Waals surface area contributed by atoms with Gasteiger partial charge in [-0.15, -0.1) is 0 Å². The van der Waals surface area contributed by atoms with Gasteiger partial charge in [-0.1, -0.05) is 60.1 Å². The zero-order valence-electron chi connectivity index (χ0n) is 12.5. The Morgan fingerprint density at radius 3 is 2.19 bits per heavy atom. The van der Waals surface area contributed by atoms with E-state index in [1.54, 1.807) is 6.92 Å². The lowest BCUT2D eigenvalue weighted by Gasteiger charge is -2.15. The van der Waals surface area contributed by atoms with Crippen LogP contribution in [0.5, 0.6) is 0 Å². The second kappa shape index (κ2) is 6.69. The van der Waals surface area contributed by atoms with Crippen LogP contribution in [0.2, 0.25) is 0 Å². The molecule has 0 fully saturated rings. The van der Waals surface area contributed by atoms with Gasteiger partial charge in [0.2, 0.25) is 0 Å². The summed E-state index contributed by atoms with van der Waals surface area (Å²) < 4.78 is 28.1. The third-order valence-electron chi connectivity index (χ3n) is 3.49. The summed E-state index contributed by atoms with van der Waals surface area (Å²) in [6.07, 6.45) is 1.00. The van der Waals surface area contributed by atoms with Gasteiger partial charge in [0.05, 0.1) is 4.83 Å². The summed E-state index contributed by atoms with van der Waals surface area (Å²) in [7, 11) is 0. The predicted octanol–water partition coefficient (Wildman–Crippen LogP) is 5.96. The first-order valence-electron chi connectivity index (χ1n) is 7.07. The second-order valence-electron chi connectivity index (χ2n) is 5.79. The molecule has 0 aliphatic rings. The Morgan fingerprint density at radius 2 is 1.62 bits per heavy atom. The molecule has 0 amide bonds. The van der Waals surface area contributed by atoms with E-state index in [0.717, 1.165) is 12.0 Å². The molecule has 0 spiro atoms. The van der Waals surface area contributed by atoms with E-state index in [1.165, 1.54) is 17.7 Å². The fraction of sp³-hybridized carbons (Fsp3) is 0.333. The smallest absolute Gasteiger partial charge is 0.133 e. The van der Waals surface area contributed by atoms with Gasteiger partial charge in [-0.2, -0.15) is 0 Å². The first-order chi connectivity index (χ1) is 9.90. The van der Waals surface area contributed by atoms with Crippen LogP contribution in [0.4, 0.5) is 8.78 Å². The molecule has 0 aliphatic heterocycles. The van der Waals surface area contributed by atoms with Crippen molar-refractivity contribution < 1.29 is 8.78 Å². The summed E-state index contributed by atoms with van der Waals surface area (Å²) in [4.78, 5) is -0.481. The second-order valence-corrected chi connectivity index (χ2v) is 6.71. The monoisotopic (exact) mass is 352 g/mol. The number of hydrogen-bond donors (Lipinski definition) is 0. The highest BCUT2D eigenvalue weighted by Crippen LogP contribution is 2.35. The molecule has 1 atom stereocenters. The van der Waals surface area contributed by atoms with Crippen molar-refractivity contribution in [2.45, 2.75) is 32.0 Å². The Bertz CT molecular complexity index is 618. The minimum Gasteiger partial charge on any atom is -0.207 e. The van der Waals surface area contributed by atoms with Crippen LogP contribution in [0.3, 0.4) is 0 Å². The minimum absolute atomic E-state index is 0.0756. The summed E-state index contributed by atoms with van der Waals surface area (Å²) in [5, 5.41) is 0. The zero-order chi connectivity index (χ0) is 15.6. The number of rotatable bonds is 4. The normalized spacial score (nSPS) is 12.7. The molecule has 2 aromatic rings. The Kier molecular flexibility index (Phi) is 5.15.